The van der Waals surface area contributed by atoms with E-state index in [2.05, 4.69) is 26.7 Å². The first-order valence-corrected chi connectivity index (χ1v) is 10.9. The molecule has 13 heavy (non-hydrogen) atoms. The minimum absolute atomic E-state index is 0.551. The van der Waals surface area contributed by atoms with Crippen LogP contribution in [0.3, 0.4) is 0 Å². The molecule has 0 aromatic heterocycles. The van der Waals surface area contributed by atoms with Gasteiger partial charge < -0.3 is 0 Å². The molecule has 0 saturated carbocycles. The summed E-state index contributed by atoms with van der Waals surface area (Å²) >= 11 is 0. The third-order valence-corrected chi connectivity index (χ3v) is 5.17. The van der Waals surface area contributed by atoms with Crippen LogP contribution in [0.1, 0.15) is 0 Å². The van der Waals surface area contributed by atoms with Gasteiger partial charge in [0.15, 0.2) is 16.3 Å². The minimum atomic E-state index is -0.741. The minimum Gasteiger partial charge on any atom is -0.241 e. The van der Waals surface area contributed by atoms with Crippen molar-refractivity contribution < 1.29 is 13.6 Å². The molecule has 0 heterocycles. The number of hydrogen-bond acceptors (Lipinski definition) is 3. The second kappa shape index (κ2) is 8.48. The molecular weight excluding hydrogens is 225 g/mol. The summed E-state index contributed by atoms with van der Waals surface area (Å²) in [6.07, 6.45) is 1.59. The van der Waals surface area contributed by atoms with Crippen LogP contribution in [0.5, 0.6) is 0 Å². The van der Waals surface area contributed by atoms with Crippen LogP contribution in [0.25, 0.3) is 0 Å². The molecule has 0 fully saturated rings. The van der Waals surface area contributed by atoms with E-state index in [1.165, 1.54) is 0 Å². The van der Waals surface area contributed by atoms with Crippen molar-refractivity contribution in [2.24, 2.45) is 0 Å². The van der Waals surface area contributed by atoms with Gasteiger partial charge in [-0.1, -0.05) is 0 Å². The lowest BCUT2D eigenvalue weighted by Crippen LogP contribution is -1.93. The summed E-state index contributed by atoms with van der Waals surface area (Å²) in [6, 6.07) is 0. The average molecular weight is 247 g/mol. The van der Waals surface area contributed by atoms with E-state index in [1.54, 1.807) is 7.11 Å². The maximum Gasteiger partial charge on any atom is 0.220 e. The summed E-state index contributed by atoms with van der Waals surface area (Å²) in [4.78, 5) is 0. The highest BCUT2D eigenvalue weighted by Crippen LogP contribution is 2.42. The van der Waals surface area contributed by atoms with E-state index >= 15 is 0 Å². The van der Waals surface area contributed by atoms with Crippen molar-refractivity contribution in [3.63, 3.8) is 0 Å². The van der Waals surface area contributed by atoms with Gasteiger partial charge in [0.05, 0.1) is 33.8 Å². The van der Waals surface area contributed by atoms with Gasteiger partial charge in [-0.05, 0) is 0 Å². The van der Waals surface area contributed by atoms with E-state index in [0.29, 0.717) is 0 Å². The smallest absolute Gasteiger partial charge is 0.220 e. The lowest BCUT2D eigenvalue weighted by atomic mass is 11.7. The quantitative estimate of drug-likeness (QED) is 0.647. The van der Waals surface area contributed by atoms with Gasteiger partial charge in [-0.15, -0.1) is 0 Å². The Morgan fingerprint density at radius 1 is 0.846 bits per heavy atom. The molecule has 2 atom stereocenters. The molecule has 0 amide bonds. The van der Waals surface area contributed by atoms with Crippen molar-refractivity contribution in [3.8, 4) is 0 Å². The Bertz CT molecular complexity index is 124. The Morgan fingerprint density at radius 3 is 1.85 bits per heavy atom. The zero-order valence-corrected chi connectivity index (χ0v) is 12.1. The number of hydrogen-bond donors (Lipinski definition) is 0. The van der Waals surface area contributed by atoms with Gasteiger partial charge in [-0.3, -0.25) is 0 Å². The molecule has 0 aliphatic rings. The highest BCUT2D eigenvalue weighted by atomic mass is 31.2. The Kier molecular flexibility index (Phi) is 9.24. The van der Waals surface area contributed by atoms with Crippen molar-refractivity contribution in [2.75, 3.05) is 46.5 Å². The molecule has 3 nitrogen and oxygen atoms in total. The fourth-order valence-corrected chi connectivity index (χ4v) is 4.54. The summed E-state index contributed by atoms with van der Waals surface area (Å²) in [7, 11) is -0.252. The average Bonchev–Trinajstić information content (AvgIpc) is 2.10. The van der Waals surface area contributed by atoms with E-state index in [4.69, 9.17) is 13.6 Å². The molecule has 2 unspecified atom stereocenters. The summed E-state index contributed by atoms with van der Waals surface area (Å²) in [6.45, 7) is 8.53. The first-order valence-electron chi connectivity index (χ1n) is 4.31. The zero-order valence-electron chi connectivity index (χ0n) is 9.14. The molecule has 0 spiro atoms. The molecular formula is C7H22O3P3+3. The van der Waals surface area contributed by atoms with Crippen molar-refractivity contribution in [2.45, 2.75) is 0 Å². The van der Waals surface area contributed by atoms with Gasteiger partial charge in [-0.2, -0.15) is 9.05 Å². The molecule has 0 aliphatic carbocycles. The van der Waals surface area contributed by atoms with Gasteiger partial charge >= 0.3 is 0 Å². The maximum absolute atomic E-state index is 5.66. The second-order valence-electron chi connectivity index (χ2n) is 3.09. The summed E-state index contributed by atoms with van der Waals surface area (Å²) in [5, 5.41) is 0. The van der Waals surface area contributed by atoms with Crippen LogP contribution in [0.4, 0.5) is 0 Å². The first-order chi connectivity index (χ1) is 6.06. The lowest BCUT2D eigenvalue weighted by molar-refractivity contribution is 0.364. The Labute approximate surface area is 85.0 Å². The Morgan fingerprint density at radius 2 is 1.38 bits per heavy atom. The van der Waals surface area contributed by atoms with Crippen LogP contribution in [0, 0.1) is 0 Å². The predicted octanol–water partition coefficient (Wildman–Crippen LogP) is 2.49. The third kappa shape index (κ3) is 9.47. The number of rotatable bonds is 7. The Hall–Kier alpha value is 1.17. The molecule has 0 aromatic carbocycles. The van der Waals surface area contributed by atoms with E-state index in [9.17, 15) is 0 Å². The molecule has 0 rings (SSSR count). The molecule has 0 aromatic rings. The summed E-state index contributed by atoms with van der Waals surface area (Å²) < 4.78 is 16.4. The molecule has 0 aliphatic heterocycles. The lowest BCUT2D eigenvalue weighted by Gasteiger charge is -2.04. The van der Waals surface area contributed by atoms with Crippen LogP contribution in [-0.4, -0.2) is 46.5 Å². The monoisotopic (exact) mass is 247 g/mol. The highest BCUT2D eigenvalue weighted by molar-refractivity contribution is 7.55. The highest BCUT2D eigenvalue weighted by Gasteiger charge is 2.18. The van der Waals surface area contributed by atoms with Crippen LogP contribution < -0.4 is 0 Å². The molecule has 0 N–H and O–H groups in total. The van der Waals surface area contributed by atoms with Crippen LogP contribution in [-0.2, 0) is 13.6 Å². The fourth-order valence-electron chi connectivity index (χ4n) is 0.571. The van der Waals surface area contributed by atoms with Crippen LogP contribution in [0.15, 0.2) is 0 Å². The summed E-state index contributed by atoms with van der Waals surface area (Å²) in [5.41, 5.74) is 0. The molecule has 80 valence electrons. The van der Waals surface area contributed by atoms with E-state index in [-0.39, 0.29) is 0 Å². The molecule has 0 radical (unpaired) electrons. The fraction of sp³-hybridized carbons (Fsp3) is 1.00. The maximum atomic E-state index is 5.66. The summed E-state index contributed by atoms with van der Waals surface area (Å²) in [5.74, 6) is 0. The van der Waals surface area contributed by atoms with E-state index in [0.717, 1.165) is 12.7 Å². The SMILES string of the molecule is CO[PH+](C)CO[PH+](C)CO[PH+](C)C. The predicted molar refractivity (Wildman–Crippen MR) is 67.6 cm³/mol. The van der Waals surface area contributed by atoms with E-state index in [1.807, 2.05) is 0 Å². The largest absolute Gasteiger partial charge is 0.241 e. The molecule has 0 saturated heterocycles. The zero-order chi connectivity index (χ0) is 10.3. The molecule has 0 bridgehead atoms. The third-order valence-electron chi connectivity index (χ3n) is 1.43. The van der Waals surface area contributed by atoms with Gasteiger partial charge in [0.25, 0.3) is 0 Å². The molecule has 6 heteroatoms. The van der Waals surface area contributed by atoms with Gasteiger partial charge in [-0.25, -0.2) is 4.52 Å². The first kappa shape index (κ1) is 14.2. The standard InChI is InChI=1S/C7H19O3P3/c1-8-12(4)7-10-13(5)6-9-11(2)3/h6-7H2,1-5H3/p+3. The van der Waals surface area contributed by atoms with Crippen molar-refractivity contribution >= 4 is 24.4 Å². The normalized spacial score (nSPS) is 16.2. The van der Waals surface area contributed by atoms with Crippen LogP contribution in [0.2, 0.25) is 0 Å². The Balaban J connectivity index is 3.34. The van der Waals surface area contributed by atoms with Crippen molar-refractivity contribution in [1.82, 2.24) is 0 Å². The van der Waals surface area contributed by atoms with Crippen molar-refractivity contribution in [1.29, 1.82) is 0 Å². The second-order valence-corrected chi connectivity index (χ2v) is 9.28. The van der Waals surface area contributed by atoms with Crippen LogP contribution >= 0.6 is 24.4 Å². The van der Waals surface area contributed by atoms with Gasteiger partial charge in [0.2, 0.25) is 12.7 Å². The topological polar surface area (TPSA) is 27.7 Å². The van der Waals surface area contributed by atoms with Gasteiger partial charge in [0, 0.05) is 0 Å². The van der Waals surface area contributed by atoms with E-state index < -0.39 is 24.4 Å². The van der Waals surface area contributed by atoms with Crippen molar-refractivity contribution in [3.05, 3.63) is 0 Å². The van der Waals surface area contributed by atoms with Gasteiger partial charge in [0.1, 0.15) is 8.15 Å².